The Morgan fingerprint density at radius 1 is 1.00 bits per heavy atom. The van der Waals surface area contributed by atoms with Crippen LogP contribution in [0, 0.1) is 0 Å². The molecular formula is C26H17Cl3N2O6S. The molecule has 0 bridgehead atoms. The quantitative estimate of drug-likeness (QED) is 0.244. The van der Waals surface area contributed by atoms with Gasteiger partial charge in [-0.15, -0.1) is 0 Å². The maximum absolute atomic E-state index is 13.0. The van der Waals surface area contributed by atoms with Crippen molar-refractivity contribution in [2.24, 2.45) is 0 Å². The number of halogens is 3. The molecule has 3 aromatic rings. The zero-order chi connectivity index (χ0) is 27.6. The number of phenolic OH excluding ortho intramolecular Hbond substituents is 1. The van der Waals surface area contributed by atoms with Crippen LogP contribution in [0.25, 0.3) is 6.08 Å². The van der Waals surface area contributed by atoms with Gasteiger partial charge >= 0.3 is 5.97 Å². The number of hydrogen-bond donors (Lipinski definition) is 2. The average Bonchev–Trinajstić information content (AvgIpc) is 3.14. The SMILES string of the molecule is COC(=O)c1ccc(Cl)cc1NC(=O)c1cc(/C=C2/SC(=O)N(Cc3ccc(Cl)c(Cl)c3)C2=O)ccc1O. The van der Waals surface area contributed by atoms with Gasteiger partial charge in [-0.3, -0.25) is 19.3 Å². The predicted octanol–water partition coefficient (Wildman–Crippen LogP) is 6.63. The maximum atomic E-state index is 13.0. The van der Waals surface area contributed by atoms with E-state index in [1.165, 1.54) is 49.6 Å². The Morgan fingerprint density at radius 3 is 2.47 bits per heavy atom. The highest BCUT2D eigenvalue weighted by atomic mass is 35.5. The number of ether oxygens (including phenoxy) is 1. The summed E-state index contributed by atoms with van der Waals surface area (Å²) in [6.45, 7) is 0.00426. The highest BCUT2D eigenvalue weighted by Gasteiger charge is 2.35. The number of carbonyl (C=O) groups excluding carboxylic acids is 4. The number of rotatable bonds is 6. The smallest absolute Gasteiger partial charge is 0.339 e. The number of methoxy groups -OCH3 is 1. The van der Waals surface area contributed by atoms with Crippen molar-refractivity contribution in [3.8, 4) is 5.75 Å². The lowest BCUT2D eigenvalue weighted by Crippen LogP contribution is -2.27. The van der Waals surface area contributed by atoms with Gasteiger partial charge in [-0.05, 0) is 71.4 Å². The Morgan fingerprint density at radius 2 is 1.76 bits per heavy atom. The van der Waals surface area contributed by atoms with E-state index in [-0.39, 0.29) is 39.0 Å². The van der Waals surface area contributed by atoms with E-state index in [4.69, 9.17) is 39.5 Å². The van der Waals surface area contributed by atoms with Crippen LogP contribution in [-0.4, -0.2) is 40.1 Å². The summed E-state index contributed by atoms with van der Waals surface area (Å²) in [5.41, 5.74) is 1.02. The van der Waals surface area contributed by atoms with Crippen LogP contribution < -0.4 is 5.32 Å². The Bertz CT molecular complexity index is 1520. The number of benzene rings is 3. The number of nitrogens with zero attached hydrogens (tertiary/aromatic N) is 1. The first-order valence-electron chi connectivity index (χ1n) is 10.8. The highest BCUT2D eigenvalue weighted by Crippen LogP contribution is 2.35. The van der Waals surface area contributed by atoms with Crippen LogP contribution in [0.3, 0.4) is 0 Å². The lowest BCUT2D eigenvalue weighted by Gasteiger charge is -2.13. The number of carbonyl (C=O) groups is 4. The molecule has 1 aliphatic heterocycles. The van der Waals surface area contributed by atoms with Gasteiger partial charge in [-0.2, -0.15) is 0 Å². The zero-order valence-corrected chi connectivity index (χ0v) is 22.5. The van der Waals surface area contributed by atoms with Gasteiger partial charge in [0.15, 0.2) is 0 Å². The predicted molar refractivity (Wildman–Crippen MR) is 147 cm³/mol. The molecule has 1 saturated heterocycles. The Balaban J connectivity index is 1.57. The Kier molecular flexibility index (Phi) is 8.32. The van der Waals surface area contributed by atoms with Crippen LogP contribution in [0.5, 0.6) is 5.75 Å². The molecule has 0 atom stereocenters. The molecule has 1 aliphatic rings. The summed E-state index contributed by atoms with van der Waals surface area (Å²) in [5.74, 6) is -2.29. The molecule has 0 aliphatic carbocycles. The number of thioether (sulfide) groups is 1. The highest BCUT2D eigenvalue weighted by molar-refractivity contribution is 8.18. The zero-order valence-electron chi connectivity index (χ0n) is 19.5. The minimum absolute atomic E-state index is 0.00426. The number of hydrogen-bond acceptors (Lipinski definition) is 7. The number of amides is 3. The number of esters is 1. The van der Waals surface area contributed by atoms with Crippen LogP contribution in [0.15, 0.2) is 59.5 Å². The van der Waals surface area contributed by atoms with Gasteiger partial charge in [0, 0.05) is 5.02 Å². The fourth-order valence-corrected chi connectivity index (χ4v) is 4.86. The summed E-state index contributed by atoms with van der Waals surface area (Å²) >= 11 is 18.7. The second kappa shape index (κ2) is 11.5. The largest absolute Gasteiger partial charge is 0.507 e. The second-order valence-electron chi connectivity index (χ2n) is 7.93. The van der Waals surface area contributed by atoms with Crippen molar-refractivity contribution in [1.29, 1.82) is 0 Å². The summed E-state index contributed by atoms with van der Waals surface area (Å²) < 4.78 is 4.73. The normalized spacial score (nSPS) is 14.2. The summed E-state index contributed by atoms with van der Waals surface area (Å²) in [4.78, 5) is 51.7. The van der Waals surface area contributed by atoms with Crippen LogP contribution in [0.4, 0.5) is 10.5 Å². The molecule has 3 aromatic carbocycles. The fourth-order valence-electron chi connectivity index (χ4n) is 3.53. The third kappa shape index (κ3) is 5.97. The van der Waals surface area contributed by atoms with Crippen molar-refractivity contribution >= 4 is 81.4 Å². The summed E-state index contributed by atoms with van der Waals surface area (Å²) in [5, 5.41) is 13.3. The van der Waals surface area contributed by atoms with Crippen LogP contribution in [0.1, 0.15) is 31.8 Å². The standard InChI is InChI=1S/C26H17Cl3N2O6S/c1-37-25(35)16-5-4-15(27)11-20(16)30-23(33)17-8-13(3-7-21(17)32)10-22-24(34)31(26(36)38-22)12-14-2-6-18(28)19(29)9-14/h2-11,32H,12H2,1H3,(H,30,33)/b22-10+. The molecular weight excluding hydrogens is 575 g/mol. The van der Waals surface area contributed by atoms with Crippen LogP contribution in [0.2, 0.25) is 15.1 Å². The second-order valence-corrected chi connectivity index (χ2v) is 10.2. The molecule has 0 radical (unpaired) electrons. The summed E-state index contributed by atoms with van der Waals surface area (Å²) in [7, 11) is 1.20. The monoisotopic (exact) mass is 590 g/mol. The topological polar surface area (TPSA) is 113 Å². The van der Waals surface area contributed by atoms with E-state index in [9.17, 15) is 24.3 Å². The number of anilines is 1. The third-order valence-electron chi connectivity index (χ3n) is 5.40. The van der Waals surface area contributed by atoms with E-state index in [0.717, 1.165) is 16.7 Å². The van der Waals surface area contributed by atoms with E-state index in [2.05, 4.69) is 5.32 Å². The molecule has 0 unspecified atom stereocenters. The Labute approximate surface area is 236 Å². The van der Waals surface area contributed by atoms with E-state index < -0.39 is 23.0 Å². The first-order valence-corrected chi connectivity index (χ1v) is 12.7. The van der Waals surface area contributed by atoms with E-state index in [0.29, 0.717) is 21.2 Å². The van der Waals surface area contributed by atoms with Crippen molar-refractivity contribution in [3.63, 3.8) is 0 Å². The fraction of sp³-hybridized carbons (Fsp3) is 0.0769. The van der Waals surface area contributed by atoms with Crippen molar-refractivity contribution < 1.29 is 29.0 Å². The lowest BCUT2D eigenvalue weighted by molar-refractivity contribution is -0.123. The molecule has 1 fully saturated rings. The molecule has 0 saturated carbocycles. The van der Waals surface area contributed by atoms with E-state index in [1.807, 2.05) is 0 Å². The minimum Gasteiger partial charge on any atom is -0.507 e. The van der Waals surface area contributed by atoms with Crippen LogP contribution in [-0.2, 0) is 16.1 Å². The molecule has 3 amide bonds. The van der Waals surface area contributed by atoms with Crippen molar-refractivity contribution in [1.82, 2.24) is 4.90 Å². The molecule has 0 aromatic heterocycles. The molecule has 4 rings (SSSR count). The minimum atomic E-state index is -0.738. The lowest BCUT2D eigenvalue weighted by atomic mass is 10.1. The number of aromatic hydroxyl groups is 1. The van der Waals surface area contributed by atoms with Gasteiger partial charge in [0.05, 0.1) is 45.4 Å². The first-order chi connectivity index (χ1) is 18.1. The van der Waals surface area contributed by atoms with Crippen molar-refractivity contribution in [2.45, 2.75) is 6.54 Å². The van der Waals surface area contributed by atoms with Crippen molar-refractivity contribution in [2.75, 3.05) is 12.4 Å². The average molecular weight is 592 g/mol. The van der Waals surface area contributed by atoms with Gasteiger partial charge in [-0.1, -0.05) is 46.9 Å². The molecule has 2 N–H and O–H groups in total. The molecule has 12 heteroatoms. The number of nitrogens with one attached hydrogen (secondary N) is 1. The molecule has 8 nitrogen and oxygen atoms in total. The van der Waals surface area contributed by atoms with E-state index >= 15 is 0 Å². The van der Waals surface area contributed by atoms with Gasteiger partial charge in [0.2, 0.25) is 0 Å². The summed E-state index contributed by atoms with van der Waals surface area (Å²) in [6.07, 6.45) is 1.44. The molecule has 1 heterocycles. The maximum Gasteiger partial charge on any atom is 0.339 e. The van der Waals surface area contributed by atoms with Gasteiger partial charge in [0.25, 0.3) is 17.1 Å². The Hall–Kier alpha value is -3.50. The van der Waals surface area contributed by atoms with Gasteiger partial charge < -0.3 is 15.2 Å². The van der Waals surface area contributed by atoms with Gasteiger partial charge in [-0.25, -0.2) is 4.79 Å². The molecule has 194 valence electrons. The number of phenols is 1. The van der Waals surface area contributed by atoms with Crippen LogP contribution >= 0.6 is 46.6 Å². The van der Waals surface area contributed by atoms with Gasteiger partial charge in [0.1, 0.15) is 5.75 Å². The first kappa shape index (κ1) is 27.5. The number of imide groups is 1. The third-order valence-corrected chi connectivity index (χ3v) is 7.28. The van der Waals surface area contributed by atoms with Crippen molar-refractivity contribution in [3.05, 3.63) is 96.8 Å². The molecule has 0 spiro atoms. The van der Waals surface area contributed by atoms with E-state index in [1.54, 1.807) is 18.2 Å². The molecule has 38 heavy (non-hydrogen) atoms. The summed E-state index contributed by atoms with van der Waals surface area (Å²) in [6, 6.07) is 13.2.